The number of hydrogen-bond acceptors (Lipinski definition) is 0. The van der Waals surface area contributed by atoms with Gasteiger partial charge in [0.25, 0.3) is 0 Å². The van der Waals surface area contributed by atoms with Crippen LogP contribution in [0, 0.1) is 12.3 Å². The van der Waals surface area contributed by atoms with Crippen molar-refractivity contribution in [2.75, 3.05) is 0 Å². The molecule has 0 bridgehead atoms. The van der Waals surface area contributed by atoms with Gasteiger partial charge >= 0.3 is 0 Å². The Balaban J connectivity index is 2.92. The highest BCUT2D eigenvalue weighted by Crippen LogP contribution is 2.23. The molecule has 0 nitrogen and oxygen atoms in total. The average molecular weight is 275 g/mol. The van der Waals surface area contributed by atoms with E-state index in [4.69, 9.17) is 18.0 Å². The van der Waals surface area contributed by atoms with E-state index in [9.17, 15) is 0 Å². The molecule has 1 aromatic carbocycles. The van der Waals surface area contributed by atoms with Gasteiger partial charge in [0.1, 0.15) is 0 Å². The first-order valence-corrected chi connectivity index (χ1v) is 4.68. The zero-order valence-electron chi connectivity index (χ0n) is 5.64. The Kier molecular flexibility index (Phi) is 3.22. The molecule has 0 N–H and O–H groups in total. The van der Waals surface area contributed by atoms with Crippen molar-refractivity contribution >= 4 is 34.2 Å². The smallest absolute Gasteiger partial charge is 0.0843 e. The number of benzene rings is 1. The van der Waals surface area contributed by atoms with Crippen LogP contribution in [0.25, 0.3) is 0 Å². The van der Waals surface area contributed by atoms with E-state index in [1.165, 1.54) is 0 Å². The van der Waals surface area contributed by atoms with Crippen molar-refractivity contribution in [2.45, 2.75) is 3.92 Å². The molecule has 0 aliphatic heterocycles. The van der Waals surface area contributed by atoms with E-state index in [1.807, 2.05) is 24.3 Å². The fraction of sp³-hybridized carbons (Fsp3) is 0.111. The molecule has 0 heterocycles. The van der Waals surface area contributed by atoms with Gasteiger partial charge in [0.15, 0.2) is 0 Å². The molecule has 0 saturated carbocycles. The summed E-state index contributed by atoms with van der Waals surface area (Å²) in [6.07, 6.45) is 6.91. The van der Waals surface area contributed by atoms with Crippen LogP contribution >= 0.6 is 34.2 Å². The monoisotopic (exact) mass is 275 g/mol. The first-order valence-electron chi connectivity index (χ1n) is 3.06. The highest BCUT2D eigenvalue weighted by Gasteiger charge is 2.01. The molecule has 1 unspecified atom stereocenters. The minimum atomic E-state index is 0.0323. The molecule has 1 atom stereocenters. The second kappa shape index (κ2) is 3.99. The van der Waals surface area contributed by atoms with Gasteiger partial charge in [0.2, 0.25) is 0 Å². The molecule has 0 amide bonds. The summed E-state index contributed by atoms with van der Waals surface area (Å²) in [6, 6.07) is 7.45. The van der Waals surface area contributed by atoms with Crippen LogP contribution in [-0.4, -0.2) is 0 Å². The second-order valence-corrected chi connectivity index (χ2v) is 3.74. The quantitative estimate of drug-likeness (QED) is 0.419. The molecule has 0 aliphatic rings. The van der Waals surface area contributed by atoms with Gasteiger partial charge in [0.05, 0.1) is 3.92 Å². The lowest BCUT2D eigenvalue weighted by atomic mass is 10.2. The van der Waals surface area contributed by atoms with Crippen molar-refractivity contribution < 1.29 is 0 Å². The Labute approximate surface area is 85.1 Å². The summed E-state index contributed by atoms with van der Waals surface area (Å²) in [5.74, 6) is 2.39. The maximum atomic E-state index is 6.91. The molecule has 0 fully saturated rings. The van der Waals surface area contributed by atoms with Crippen LogP contribution in [0.15, 0.2) is 24.3 Å². The van der Waals surface area contributed by atoms with Gasteiger partial charge in [-0.25, -0.2) is 0 Å². The Morgan fingerprint density at radius 2 is 1.91 bits per heavy atom. The van der Waals surface area contributed by atoms with Crippen molar-refractivity contribution in [3.8, 4) is 5.92 Å². The number of alkyl halides is 1. The topological polar surface area (TPSA) is 0 Å². The Morgan fingerprint density at radius 3 is 2.36 bits per heavy atom. The van der Waals surface area contributed by atoms with Crippen molar-refractivity contribution in [1.82, 2.24) is 0 Å². The zero-order valence-corrected chi connectivity index (χ0v) is 8.56. The van der Waals surface area contributed by atoms with E-state index in [0.29, 0.717) is 0 Å². The predicted molar refractivity (Wildman–Crippen MR) is 55.3 cm³/mol. The third-order valence-electron chi connectivity index (χ3n) is 1.29. The van der Waals surface area contributed by atoms with E-state index in [0.717, 1.165) is 10.6 Å². The zero-order chi connectivity index (χ0) is 8.27. The van der Waals surface area contributed by atoms with Gasteiger partial charge in [-0.05, 0) is 24.1 Å². The fourth-order valence-corrected chi connectivity index (χ4v) is 1.26. The van der Waals surface area contributed by atoms with E-state index in [-0.39, 0.29) is 3.92 Å². The standard InChI is InChI=1S/C9H5ClI/c1-2-9(11)7-3-5-8(10)6-4-7/h3-6,9H. The Bertz CT molecular complexity index is 271. The minimum Gasteiger partial charge on any atom is -0.0843 e. The Hall–Kier alpha value is -0.200. The average Bonchev–Trinajstić information content (AvgIpc) is 2.05. The van der Waals surface area contributed by atoms with Crippen LogP contribution < -0.4 is 0 Å². The number of halogens is 2. The molecular weight excluding hydrogens is 270 g/mol. The summed E-state index contributed by atoms with van der Waals surface area (Å²) in [7, 11) is 0. The van der Waals surface area contributed by atoms with Crippen molar-refractivity contribution in [1.29, 1.82) is 0 Å². The molecule has 0 saturated heterocycles. The fourth-order valence-electron chi connectivity index (χ4n) is 0.715. The molecule has 0 spiro atoms. The highest BCUT2D eigenvalue weighted by molar-refractivity contribution is 14.1. The van der Waals surface area contributed by atoms with Crippen LogP contribution in [0.5, 0.6) is 0 Å². The molecule has 1 rings (SSSR count). The molecular formula is C9H5ClI. The summed E-state index contributed by atoms with van der Waals surface area (Å²) in [6.45, 7) is 0. The normalized spacial score (nSPS) is 12.1. The molecule has 11 heavy (non-hydrogen) atoms. The third kappa shape index (κ3) is 2.39. The minimum absolute atomic E-state index is 0.0323. The maximum Gasteiger partial charge on any atom is 0.0977 e. The van der Waals surface area contributed by atoms with Crippen molar-refractivity contribution in [3.63, 3.8) is 0 Å². The van der Waals surface area contributed by atoms with E-state index < -0.39 is 0 Å². The van der Waals surface area contributed by atoms with Gasteiger partial charge in [-0.1, -0.05) is 52.2 Å². The predicted octanol–water partition coefficient (Wildman–Crippen LogP) is 3.41. The van der Waals surface area contributed by atoms with Crippen LogP contribution in [-0.2, 0) is 0 Å². The van der Waals surface area contributed by atoms with Gasteiger partial charge < -0.3 is 0 Å². The number of rotatable bonds is 1. The Morgan fingerprint density at radius 1 is 1.36 bits per heavy atom. The van der Waals surface area contributed by atoms with Crippen LogP contribution in [0.2, 0.25) is 5.02 Å². The molecule has 1 aromatic rings. The molecule has 0 aromatic heterocycles. The largest absolute Gasteiger partial charge is 0.0977 e. The summed E-state index contributed by atoms with van der Waals surface area (Å²) in [5.41, 5.74) is 1.06. The first-order chi connectivity index (χ1) is 5.24. The van der Waals surface area contributed by atoms with Crippen molar-refractivity contribution in [3.05, 3.63) is 41.3 Å². The van der Waals surface area contributed by atoms with E-state index >= 15 is 0 Å². The van der Waals surface area contributed by atoms with Gasteiger partial charge in [-0.3, -0.25) is 0 Å². The maximum absolute atomic E-state index is 6.91. The van der Waals surface area contributed by atoms with Crippen LogP contribution in [0.3, 0.4) is 0 Å². The lowest BCUT2D eigenvalue weighted by Gasteiger charge is -2.00. The SMILES string of the molecule is [C]#CC(I)c1ccc(Cl)cc1. The molecule has 1 radical (unpaired) electrons. The van der Waals surface area contributed by atoms with Gasteiger partial charge in [-0.2, -0.15) is 0 Å². The van der Waals surface area contributed by atoms with Crippen LogP contribution in [0.4, 0.5) is 0 Å². The van der Waals surface area contributed by atoms with Crippen LogP contribution in [0.1, 0.15) is 9.49 Å². The van der Waals surface area contributed by atoms with E-state index in [2.05, 4.69) is 28.5 Å². The highest BCUT2D eigenvalue weighted by atomic mass is 127. The summed E-state index contributed by atoms with van der Waals surface area (Å²) in [4.78, 5) is 0. The van der Waals surface area contributed by atoms with Gasteiger partial charge in [0, 0.05) is 5.02 Å². The summed E-state index contributed by atoms with van der Waals surface area (Å²) < 4.78 is 0.0323. The van der Waals surface area contributed by atoms with Crippen molar-refractivity contribution in [2.24, 2.45) is 0 Å². The van der Waals surface area contributed by atoms with Gasteiger partial charge in [-0.15, -0.1) is 0 Å². The summed E-state index contributed by atoms with van der Waals surface area (Å²) in [5, 5.41) is 0.724. The molecule has 55 valence electrons. The first kappa shape index (κ1) is 8.89. The molecule has 2 heteroatoms. The summed E-state index contributed by atoms with van der Waals surface area (Å²) >= 11 is 7.83. The lowest BCUT2D eigenvalue weighted by Crippen LogP contribution is -1.83. The van der Waals surface area contributed by atoms with E-state index in [1.54, 1.807) is 0 Å². The third-order valence-corrected chi connectivity index (χ3v) is 2.57. The second-order valence-electron chi connectivity index (χ2n) is 2.06. The number of hydrogen-bond donors (Lipinski definition) is 0. The lowest BCUT2D eigenvalue weighted by molar-refractivity contribution is 1.33. The molecule has 0 aliphatic carbocycles.